The molecule has 4 aromatic rings. The number of thiophene rings is 1. The van der Waals surface area contributed by atoms with Crippen molar-refractivity contribution in [2.75, 3.05) is 11.9 Å². The van der Waals surface area contributed by atoms with Gasteiger partial charge >= 0.3 is 0 Å². The molecule has 2 heterocycles. The van der Waals surface area contributed by atoms with E-state index in [1.807, 2.05) is 37.4 Å². The second-order valence-corrected chi connectivity index (χ2v) is 7.25. The van der Waals surface area contributed by atoms with Gasteiger partial charge in [-0.25, -0.2) is 9.97 Å². The Morgan fingerprint density at radius 3 is 2.73 bits per heavy atom. The van der Waals surface area contributed by atoms with Gasteiger partial charge in [-0.05, 0) is 52.7 Å². The summed E-state index contributed by atoms with van der Waals surface area (Å²) in [6.07, 6.45) is 0. The lowest BCUT2D eigenvalue weighted by atomic mass is 10.1. The van der Waals surface area contributed by atoms with Crippen LogP contribution in [0.5, 0.6) is 5.75 Å². The molecule has 0 bridgehead atoms. The SMILES string of the molecule is CN(Cc1ccsc1)c1nc(-c2ccccc2O)nc2cc(Cl)ccc12. The number of halogens is 1. The van der Waals surface area contributed by atoms with Gasteiger partial charge in [0.05, 0.1) is 11.1 Å². The van der Waals surface area contributed by atoms with Crippen molar-refractivity contribution >= 4 is 39.7 Å². The van der Waals surface area contributed by atoms with Gasteiger partial charge in [-0.1, -0.05) is 23.7 Å². The quantitative estimate of drug-likeness (QED) is 0.517. The maximum absolute atomic E-state index is 10.2. The predicted octanol–water partition coefficient (Wildman–Crippen LogP) is 5.35. The normalized spacial score (nSPS) is 11.0. The van der Waals surface area contributed by atoms with Crippen molar-refractivity contribution in [3.05, 3.63) is 69.9 Å². The third-order valence-corrected chi connectivity index (χ3v) is 5.11. The number of aromatic nitrogens is 2. The monoisotopic (exact) mass is 381 g/mol. The molecule has 0 spiro atoms. The first-order valence-electron chi connectivity index (χ1n) is 8.10. The predicted molar refractivity (Wildman–Crippen MR) is 108 cm³/mol. The van der Waals surface area contributed by atoms with E-state index in [1.165, 1.54) is 5.56 Å². The smallest absolute Gasteiger partial charge is 0.165 e. The molecule has 4 rings (SSSR count). The molecule has 0 aliphatic carbocycles. The molecule has 0 fully saturated rings. The second-order valence-electron chi connectivity index (χ2n) is 6.04. The summed E-state index contributed by atoms with van der Waals surface area (Å²) in [7, 11) is 2.00. The van der Waals surface area contributed by atoms with Crippen LogP contribution < -0.4 is 4.90 Å². The van der Waals surface area contributed by atoms with E-state index in [9.17, 15) is 5.11 Å². The summed E-state index contributed by atoms with van der Waals surface area (Å²) in [6.45, 7) is 0.735. The summed E-state index contributed by atoms with van der Waals surface area (Å²) in [6, 6.07) is 14.8. The molecule has 0 aliphatic heterocycles. The van der Waals surface area contributed by atoms with E-state index in [-0.39, 0.29) is 5.75 Å². The minimum Gasteiger partial charge on any atom is -0.507 e. The summed E-state index contributed by atoms with van der Waals surface area (Å²) in [4.78, 5) is 11.5. The minimum absolute atomic E-state index is 0.153. The molecule has 0 saturated heterocycles. The molecule has 26 heavy (non-hydrogen) atoms. The average molecular weight is 382 g/mol. The van der Waals surface area contributed by atoms with Crippen molar-refractivity contribution in [3.8, 4) is 17.1 Å². The van der Waals surface area contributed by atoms with Crippen LogP contribution in [0.1, 0.15) is 5.56 Å². The van der Waals surface area contributed by atoms with Gasteiger partial charge in [-0.2, -0.15) is 11.3 Å². The van der Waals surface area contributed by atoms with E-state index in [4.69, 9.17) is 16.6 Å². The third kappa shape index (κ3) is 3.23. The van der Waals surface area contributed by atoms with E-state index < -0.39 is 0 Å². The fourth-order valence-electron chi connectivity index (χ4n) is 2.89. The van der Waals surface area contributed by atoms with Gasteiger partial charge < -0.3 is 10.0 Å². The number of hydrogen-bond acceptors (Lipinski definition) is 5. The Hall–Kier alpha value is -2.63. The van der Waals surface area contributed by atoms with Gasteiger partial charge in [-0.3, -0.25) is 0 Å². The molecule has 0 unspecified atom stereocenters. The van der Waals surface area contributed by atoms with Gasteiger partial charge in [0.25, 0.3) is 0 Å². The number of fused-ring (bicyclic) bond motifs is 1. The van der Waals surface area contributed by atoms with E-state index >= 15 is 0 Å². The number of hydrogen-bond donors (Lipinski definition) is 1. The van der Waals surface area contributed by atoms with Crippen molar-refractivity contribution < 1.29 is 5.11 Å². The number of benzene rings is 2. The number of aromatic hydroxyl groups is 1. The molecule has 0 atom stereocenters. The molecule has 1 N–H and O–H groups in total. The molecule has 0 aliphatic rings. The first-order valence-corrected chi connectivity index (χ1v) is 9.42. The van der Waals surface area contributed by atoms with Crippen LogP contribution in [-0.2, 0) is 6.54 Å². The molecule has 0 radical (unpaired) electrons. The lowest BCUT2D eigenvalue weighted by Gasteiger charge is -2.20. The summed E-state index contributed by atoms with van der Waals surface area (Å²) < 4.78 is 0. The highest BCUT2D eigenvalue weighted by Crippen LogP contribution is 2.32. The number of rotatable bonds is 4. The van der Waals surface area contributed by atoms with Gasteiger partial charge in [0.15, 0.2) is 5.82 Å². The molecular formula is C20H16ClN3OS. The number of anilines is 1. The van der Waals surface area contributed by atoms with Crippen LogP contribution in [0.2, 0.25) is 5.02 Å². The van der Waals surface area contributed by atoms with Crippen LogP contribution in [-0.4, -0.2) is 22.1 Å². The molecule has 6 heteroatoms. The fraction of sp³-hybridized carbons (Fsp3) is 0.100. The van der Waals surface area contributed by atoms with Crippen molar-refractivity contribution in [3.63, 3.8) is 0 Å². The Morgan fingerprint density at radius 1 is 1.12 bits per heavy atom. The van der Waals surface area contributed by atoms with E-state index in [1.54, 1.807) is 23.5 Å². The number of para-hydroxylation sites is 1. The van der Waals surface area contributed by atoms with Gasteiger partial charge in [0.1, 0.15) is 11.6 Å². The van der Waals surface area contributed by atoms with Gasteiger partial charge in [-0.15, -0.1) is 0 Å². The van der Waals surface area contributed by atoms with Crippen LogP contribution in [0.4, 0.5) is 5.82 Å². The maximum atomic E-state index is 10.2. The van der Waals surface area contributed by atoms with Crippen molar-refractivity contribution in [2.24, 2.45) is 0 Å². The van der Waals surface area contributed by atoms with Crippen molar-refractivity contribution in [1.82, 2.24) is 9.97 Å². The lowest BCUT2D eigenvalue weighted by Crippen LogP contribution is -2.18. The highest BCUT2D eigenvalue weighted by Gasteiger charge is 2.15. The third-order valence-electron chi connectivity index (χ3n) is 4.15. The molecular weight excluding hydrogens is 366 g/mol. The molecule has 2 aromatic heterocycles. The Balaban J connectivity index is 1.88. The standard InChI is InChI=1S/C20H16ClN3OS/c1-24(11-13-8-9-26-12-13)20-15-7-6-14(21)10-17(15)22-19(23-20)16-4-2-3-5-18(16)25/h2-10,12,25H,11H2,1H3. The van der Waals surface area contributed by atoms with E-state index in [0.29, 0.717) is 16.4 Å². The first kappa shape index (κ1) is 16.8. The van der Waals surface area contributed by atoms with Crippen molar-refractivity contribution in [1.29, 1.82) is 0 Å². The largest absolute Gasteiger partial charge is 0.507 e. The number of nitrogens with zero attached hydrogens (tertiary/aromatic N) is 3. The molecule has 0 amide bonds. The maximum Gasteiger partial charge on any atom is 0.165 e. The number of phenols is 1. The first-order chi connectivity index (χ1) is 12.6. The fourth-order valence-corrected chi connectivity index (χ4v) is 3.72. The average Bonchev–Trinajstić information content (AvgIpc) is 3.14. The minimum atomic E-state index is 0.153. The summed E-state index contributed by atoms with van der Waals surface area (Å²) in [5.74, 6) is 1.43. The summed E-state index contributed by atoms with van der Waals surface area (Å²) in [5.41, 5.74) is 2.57. The van der Waals surface area contributed by atoms with E-state index in [0.717, 1.165) is 23.3 Å². The zero-order valence-corrected chi connectivity index (χ0v) is 15.6. The molecule has 4 nitrogen and oxygen atoms in total. The van der Waals surface area contributed by atoms with Gasteiger partial charge in [0, 0.05) is 24.0 Å². The second kappa shape index (κ2) is 6.94. The van der Waals surface area contributed by atoms with Crippen LogP contribution in [0.15, 0.2) is 59.3 Å². The molecule has 0 saturated carbocycles. The molecule has 2 aromatic carbocycles. The van der Waals surface area contributed by atoms with Crippen LogP contribution in [0.3, 0.4) is 0 Å². The Kier molecular flexibility index (Phi) is 4.49. The summed E-state index contributed by atoms with van der Waals surface area (Å²) >= 11 is 7.85. The molecule has 130 valence electrons. The van der Waals surface area contributed by atoms with Crippen molar-refractivity contribution in [2.45, 2.75) is 6.54 Å². The summed E-state index contributed by atoms with van der Waals surface area (Å²) in [5, 5.41) is 15.9. The highest BCUT2D eigenvalue weighted by atomic mass is 35.5. The Bertz CT molecular complexity index is 1070. The Labute approximate surface area is 160 Å². The van der Waals surface area contributed by atoms with Gasteiger partial charge in [0.2, 0.25) is 0 Å². The zero-order chi connectivity index (χ0) is 18.1. The zero-order valence-electron chi connectivity index (χ0n) is 14.1. The topological polar surface area (TPSA) is 49.2 Å². The lowest BCUT2D eigenvalue weighted by molar-refractivity contribution is 0.477. The van der Waals surface area contributed by atoms with Crippen LogP contribution >= 0.6 is 22.9 Å². The Morgan fingerprint density at radius 2 is 1.96 bits per heavy atom. The van der Waals surface area contributed by atoms with Crippen LogP contribution in [0, 0.1) is 0 Å². The van der Waals surface area contributed by atoms with E-state index in [2.05, 4.69) is 26.7 Å². The number of phenolic OH excluding ortho intramolecular Hbond substituents is 1. The highest BCUT2D eigenvalue weighted by molar-refractivity contribution is 7.07. The van der Waals surface area contributed by atoms with Crippen LogP contribution in [0.25, 0.3) is 22.3 Å².